The molecule has 1 aliphatic rings. The fourth-order valence-electron chi connectivity index (χ4n) is 2.07. The predicted octanol–water partition coefficient (Wildman–Crippen LogP) is 3.14. The van der Waals surface area contributed by atoms with Crippen molar-refractivity contribution in [1.29, 1.82) is 0 Å². The van der Waals surface area contributed by atoms with Crippen molar-refractivity contribution in [1.82, 2.24) is 10.3 Å². The molecule has 1 heterocycles. The minimum absolute atomic E-state index is 0.101. The van der Waals surface area contributed by atoms with Gasteiger partial charge in [-0.3, -0.25) is 4.79 Å². The molecule has 1 aliphatic carbocycles. The van der Waals surface area contributed by atoms with Crippen molar-refractivity contribution in [3.63, 3.8) is 0 Å². The molecular formula is C12H14Br2N2O. The molecule has 5 heteroatoms. The van der Waals surface area contributed by atoms with E-state index in [1.54, 1.807) is 12.3 Å². The van der Waals surface area contributed by atoms with Crippen molar-refractivity contribution >= 4 is 37.8 Å². The van der Waals surface area contributed by atoms with E-state index in [2.05, 4.69) is 42.2 Å². The van der Waals surface area contributed by atoms with Crippen LogP contribution < -0.4 is 5.32 Å². The van der Waals surface area contributed by atoms with Gasteiger partial charge in [0.15, 0.2) is 0 Å². The summed E-state index contributed by atoms with van der Waals surface area (Å²) in [5.41, 5.74) is 0.459. The van der Waals surface area contributed by atoms with E-state index in [0.717, 1.165) is 17.4 Å². The zero-order chi connectivity index (χ0) is 12.3. The molecule has 1 saturated carbocycles. The van der Waals surface area contributed by atoms with Gasteiger partial charge in [-0.15, -0.1) is 0 Å². The summed E-state index contributed by atoms with van der Waals surface area (Å²) in [6, 6.07) is 3.62. The number of halogens is 2. The summed E-state index contributed by atoms with van der Waals surface area (Å²) in [6.45, 7) is 0.740. The highest BCUT2D eigenvalue weighted by Gasteiger charge is 2.23. The number of hydrogen-bond acceptors (Lipinski definition) is 2. The van der Waals surface area contributed by atoms with Gasteiger partial charge >= 0.3 is 0 Å². The summed E-state index contributed by atoms with van der Waals surface area (Å²) in [4.78, 5) is 16.6. The first kappa shape index (κ1) is 13.0. The molecule has 1 amide bonds. The molecule has 1 fully saturated rings. The molecule has 92 valence electrons. The van der Waals surface area contributed by atoms with Gasteiger partial charge in [0.1, 0.15) is 5.69 Å². The van der Waals surface area contributed by atoms with Gasteiger partial charge in [0, 0.05) is 22.0 Å². The standard InChI is InChI=1S/C12H14Br2N2O/c13-9-4-3-8(6-9)7-16-12(17)11-10(14)2-1-5-15-11/h1-2,5,8-9H,3-4,6-7H2,(H,16,17). The first-order chi connectivity index (χ1) is 8.16. The van der Waals surface area contributed by atoms with Crippen molar-refractivity contribution in [3.05, 3.63) is 28.5 Å². The Morgan fingerprint density at radius 1 is 1.53 bits per heavy atom. The SMILES string of the molecule is O=C(NCC1CCC(Br)C1)c1ncccc1Br. The summed E-state index contributed by atoms with van der Waals surface area (Å²) in [6.07, 6.45) is 5.15. The molecule has 2 atom stereocenters. The van der Waals surface area contributed by atoms with E-state index in [0.29, 0.717) is 16.4 Å². The molecule has 3 nitrogen and oxygen atoms in total. The number of aromatic nitrogens is 1. The second-order valence-electron chi connectivity index (χ2n) is 4.32. The molecule has 2 rings (SSSR count). The molecule has 1 aromatic heterocycles. The Balaban J connectivity index is 1.88. The predicted molar refractivity (Wildman–Crippen MR) is 74.3 cm³/mol. The van der Waals surface area contributed by atoms with E-state index in [-0.39, 0.29) is 5.91 Å². The molecule has 0 aliphatic heterocycles. The van der Waals surface area contributed by atoms with Crippen LogP contribution in [0.3, 0.4) is 0 Å². The van der Waals surface area contributed by atoms with E-state index < -0.39 is 0 Å². The van der Waals surface area contributed by atoms with Gasteiger partial charge in [-0.1, -0.05) is 15.9 Å². The zero-order valence-electron chi connectivity index (χ0n) is 9.33. The number of amides is 1. The van der Waals surface area contributed by atoms with E-state index in [4.69, 9.17) is 0 Å². The maximum atomic E-state index is 11.9. The van der Waals surface area contributed by atoms with Crippen molar-refractivity contribution in [2.24, 2.45) is 5.92 Å². The largest absolute Gasteiger partial charge is 0.350 e. The van der Waals surface area contributed by atoms with Crippen LogP contribution in [0.15, 0.2) is 22.8 Å². The minimum atomic E-state index is -0.101. The number of carbonyl (C=O) groups is 1. The zero-order valence-corrected chi connectivity index (χ0v) is 12.5. The Kier molecular flexibility index (Phi) is 4.56. The van der Waals surface area contributed by atoms with E-state index in [9.17, 15) is 4.79 Å². The van der Waals surface area contributed by atoms with Crippen LogP contribution in [0.2, 0.25) is 0 Å². The van der Waals surface area contributed by atoms with Crippen LogP contribution in [0.5, 0.6) is 0 Å². The van der Waals surface area contributed by atoms with Crippen LogP contribution in [0.1, 0.15) is 29.8 Å². The summed E-state index contributed by atoms with van der Waals surface area (Å²) in [7, 11) is 0. The van der Waals surface area contributed by atoms with Gasteiger partial charge in [0.05, 0.1) is 0 Å². The number of nitrogens with one attached hydrogen (secondary N) is 1. The van der Waals surface area contributed by atoms with Crippen LogP contribution in [0.25, 0.3) is 0 Å². The molecule has 1 N–H and O–H groups in total. The number of pyridine rings is 1. The number of carbonyl (C=O) groups excluding carboxylic acids is 1. The normalized spacial score (nSPS) is 23.6. The Bertz CT molecular complexity index is 411. The number of hydrogen-bond donors (Lipinski definition) is 1. The highest BCUT2D eigenvalue weighted by molar-refractivity contribution is 9.10. The molecule has 0 spiro atoms. The van der Waals surface area contributed by atoms with Crippen LogP contribution in [0.4, 0.5) is 0 Å². The molecular weight excluding hydrogens is 348 g/mol. The lowest BCUT2D eigenvalue weighted by Gasteiger charge is -2.11. The smallest absolute Gasteiger partial charge is 0.271 e. The van der Waals surface area contributed by atoms with Crippen LogP contribution in [-0.2, 0) is 0 Å². The topological polar surface area (TPSA) is 42.0 Å². The molecule has 17 heavy (non-hydrogen) atoms. The molecule has 1 aromatic rings. The Morgan fingerprint density at radius 2 is 2.35 bits per heavy atom. The van der Waals surface area contributed by atoms with Gasteiger partial charge in [-0.25, -0.2) is 4.98 Å². The summed E-state index contributed by atoms with van der Waals surface area (Å²) < 4.78 is 0.738. The van der Waals surface area contributed by atoms with Crippen molar-refractivity contribution in [3.8, 4) is 0 Å². The van der Waals surface area contributed by atoms with Gasteiger partial charge < -0.3 is 5.32 Å². The minimum Gasteiger partial charge on any atom is -0.350 e. The van der Waals surface area contributed by atoms with Crippen LogP contribution >= 0.6 is 31.9 Å². The molecule has 0 aromatic carbocycles. The third-order valence-corrected chi connectivity index (χ3v) is 4.47. The van der Waals surface area contributed by atoms with Crippen molar-refractivity contribution < 1.29 is 4.79 Å². The molecule has 0 radical (unpaired) electrons. The summed E-state index contributed by atoms with van der Waals surface area (Å²) in [5.74, 6) is 0.487. The second-order valence-corrected chi connectivity index (χ2v) is 6.47. The highest BCUT2D eigenvalue weighted by atomic mass is 79.9. The second kappa shape index (κ2) is 5.96. The van der Waals surface area contributed by atoms with Crippen LogP contribution in [0, 0.1) is 5.92 Å². The van der Waals surface area contributed by atoms with Crippen molar-refractivity contribution in [2.75, 3.05) is 6.54 Å². The summed E-state index contributed by atoms with van der Waals surface area (Å²) in [5, 5.41) is 2.95. The molecule has 0 bridgehead atoms. The average Bonchev–Trinajstić information content (AvgIpc) is 2.73. The highest BCUT2D eigenvalue weighted by Crippen LogP contribution is 2.30. The number of alkyl halides is 1. The monoisotopic (exact) mass is 360 g/mol. The van der Waals surface area contributed by atoms with Gasteiger partial charge in [0.2, 0.25) is 0 Å². The quantitative estimate of drug-likeness (QED) is 0.840. The number of nitrogens with zero attached hydrogens (tertiary/aromatic N) is 1. The van der Waals surface area contributed by atoms with E-state index in [1.165, 1.54) is 12.8 Å². The third kappa shape index (κ3) is 3.52. The van der Waals surface area contributed by atoms with E-state index in [1.807, 2.05) is 6.07 Å². The fourth-order valence-corrected chi connectivity index (χ4v) is 3.30. The number of rotatable bonds is 3. The molecule has 0 saturated heterocycles. The van der Waals surface area contributed by atoms with E-state index >= 15 is 0 Å². The Labute approximate surface area is 118 Å². The molecule has 2 unspecified atom stereocenters. The maximum Gasteiger partial charge on any atom is 0.271 e. The maximum absolute atomic E-state index is 11.9. The first-order valence-electron chi connectivity index (χ1n) is 5.69. The lowest BCUT2D eigenvalue weighted by molar-refractivity contribution is 0.0941. The first-order valence-corrected chi connectivity index (χ1v) is 7.40. The van der Waals surface area contributed by atoms with Crippen molar-refractivity contribution in [2.45, 2.75) is 24.1 Å². The Hall–Kier alpha value is -0.420. The summed E-state index contributed by atoms with van der Waals surface area (Å²) >= 11 is 6.94. The van der Waals surface area contributed by atoms with Gasteiger partial charge in [-0.2, -0.15) is 0 Å². The van der Waals surface area contributed by atoms with Crippen LogP contribution in [-0.4, -0.2) is 22.3 Å². The Morgan fingerprint density at radius 3 is 3.00 bits per heavy atom. The van der Waals surface area contributed by atoms with Gasteiger partial charge in [0.25, 0.3) is 5.91 Å². The lowest BCUT2D eigenvalue weighted by atomic mass is 10.1. The average molecular weight is 362 g/mol. The lowest BCUT2D eigenvalue weighted by Crippen LogP contribution is -2.29. The third-order valence-electron chi connectivity index (χ3n) is 3.00. The van der Waals surface area contributed by atoms with Gasteiger partial charge in [-0.05, 0) is 53.2 Å². The fraction of sp³-hybridized carbons (Fsp3) is 0.500.